The molecule has 5 unspecified atom stereocenters. The van der Waals surface area contributed by atoms with E-state index < -0.39 is 73.3 Å². The van der Waals surface area contributed by atoms with Crippen molar-refractivity contribution in [3.05, 3.63) is 12.7 Å². The van der Waals surface area contributed by atoms with E-state index in [1.54, 1.807) is 0 Å². The molecule has 1 aliphatic heterocycles. The topological polar surface area (TPSA) is 302 Å². The number of phosphoric acid groups is 3. The van der Waals surface area contributed by atoms with Crippen LogP contribution >= 0.6 is 23.5 Å². The predicted octanol–water partition coefficient (Wildman–Crippen LogP) is -0.184. The first kappa shape index (κ1) is 29.2. The number of carbonyl (C=O) groups is 2. The molecular formula is C14H20N5O15P3. The number of carboxylic acid groups (broad SMARTS) is 1. The smallest absolute Gasteiger partial charge is 0.481 e. The molecule has 37 heavy (non-hydrogen) atoms. The summed E-state index contributed by atoms with van der Waals surface area (Å²) in [5.74, 6) is -2.14. The lowest BCUT2D eigenvalue weighted by Gasteiger charge is -2.21. The minimum absolute atomic E-state index is 0.0580. The highest BCUT2D eigenvalue weighted by Gasteiger charge is 2.44. The summed E-state index contributed by atoms with van der Waals surface area (Å²) < 4.78 is 58.5. The molecule has 2 aromatic rings. The van der Waals surface area contributed by atoms with Crippen molar-refractivity contribution in [1.29, 1.82) is 0 Å². The summed E-state index contributed by atoms with van der Waals surface area (Å²) >= 11 is 0. The van der Waals surface area contributed by atoms with Crippen molar-refractivity contribution in [3.8, 4) is 0 Å². The van der Waals surface area contributed by atoms with Gasteiger partial charge in [0.1, 0.15) is 30.3 Å². The lowest BCUT2D eigenvalue weighted by atomic mass is 10.2. The van der Waals surface area contributed by atoms with Gasteiger partial charge >= 0.3 is 35.4 Å². The zero-order valence-electron chi connectivity index (χ0n) is 18.2. The Hall–Kier alpha value is -2.34. The summed E-state index contributed by atoms with van der Waals surface area (Å²) in [5, 5.41) is 8.74. The Labute approximate surface area is 205 Å². The molecule has 20 nitrogen and oxygen atoms in total. The Morgan fingerprint density at radius 2 is 1.78 bits per heavy atom. The van der Waals surface area contributed by atoms with E-state index in [-0.39, 0.29) is 23.4 Å². The van der Waals surface area contributed by atoms with Gasteiger partial charge in [0.2, 0.25) is 0 Å². The van der Waals surface area contributed by atoms with E-state index in [1.165, 1.54) is 10.9 Å². The van der Waals surface area contributed by atoms with Gasteiger partial charge in [-0.1, -0.05) is 0 Å². The van der Waals surface area contributed by atoms with Gasteiger partial charge in [-0.3, -0.25) is 18.7 Å². The van der Waals surface area contributed by atoms with E-state index in [2.05, 4.69) is 28.1 Å². The fourth-order valence-corrected chi connectivity index (χ4v) is 6.16. The van der Waals surface area contributed by atoms with Crippen LogP contribution in [-0.4, -0.2) is 75.0 Å². The lowest BCUT2D eigenvalue weighted by molar-refractivity contribution is -0.155. The molecule has 1 fully saturated rings. The zero-order chi connectivity index (χ0) is 27.6. The molecule has 1 saturated heterocycles. The Kier molecular flexibility index (Phi) is 8.83. The minimum Gasteiger partial charge on any atom is -0.481 e. The van der Waals surface area contributed by atoms with Gasteiger partial charge in [0, 0.05) is 6.42 Å². The van der Waals surface area contributed by atoms with Crippen LogP contribution in [0.3, 0.4) is 0 Å². The number of aliphatic carboxylic acids is 1. The number of hydrogen-bond acceptors (Lipinski definition) is 14. The first-order chi connectivity index (χ1) is 17.1. The molecule has 0 spiro atoms. The Morgan fingerprint density at radius 1 is 1.08 bits per heavy atom. The van der Waals surface area contributed by atoms with Gasteiger partial charge in [0.05, 0.1) is 25.8 Å². The maximum Gasteiger partial charge on any atom is 0.490 e. The Balaban J connectivity index is 1.76. The van der Waals surface area contributed by atoms with Gasteiger partial charge in [0.15, 0.2) is 11.5 Å². The number of anilines is 1. The molecule has 206 valence electrons. The normalized spacial score (nSPS) is 23.4. The molecule has 0 amide bonds. The monoisotopic (exact) mass is 591 g/mol. The highest BCUT2D eigenvalue weighted by Crippen LogP contribution is 2.66. The number of fused-ring (bicyclic) bond motifs is 1. The maximum absolute atomic E-state index is 12.1. The number of imidazole rings is 1. The Morgan fingerprint density at radius 3 is 2.43 bits per heavy atom. The number of hydrogen-bond donors (Lipinski definition) is 6. The molecule has 3 heterocycles. The molecule has 5 atom stereocenters. The van der Waals surface area contributed by atoms with Crippen molar-refractivity contribution in [2.75, 3.05) is 12.3 Å². The number of nitrogens with two attached hydrogens (primary N) is 1. The van der Waals surface area contributed by atoms with E-state index in [9.17, 15) is 33.1 Å². The van der Waals surface area contributed by atoms with E-state index in [0.717, 1.165) is 6.33 Å². The van der Waals surface area contributed by atoms with E-state index in [0.29, 0.717) is 0 Å². The first-order valence-corrected chi connectivity index (χ1v) is 14.4. The van der Waals surface area contributed by atoms with Crippen LogP contribution in [0.15, 0.2) is 12.7 Å². The van der Waals surface area contributed by atoms with Crippen molar-refractivity contribution in [2.45, 2.75) is 37.7 Å². The third-order valence-electron chi connectivity index (χ3n) is 4.52. The van der Waals surface area contributed by atoms with Crippen LogP contribution < -0.4 is 5.73 Å². The quantitative estimate of drug-likeness (QED) is 0.138. The van der Waals surface area contributed by atoms with Crippen molar-refractivity contribution in [1.82, 2.24) is 19.5 Å². The molecule has 0 aliphatic carbocycles. The van der Waals surface area contributed by atoms with Crippen LogP contribution in [0.4, 0.5) is 5.82 Å². The summed E-state index contributed by atoms with van der Waals surface area (Å²) in [6.45, 7) is -0.916. The number of ether oxygens (including phenoxy) is 2. The number of carbonyl (C=O) groups excluding carboxylic acids is 1. The van der Waals surface area contributed by atoms with Gasteiger partial charge < -0.3 is 39.9 Å². The molecule has 0 bridgehead atoms. The number of nitrogen functional groups attached to an aromatic ring is 1. The van der Waals surface area contributed by atoms with Gasteiger partial charge in [-0.25, -0.2) is 28.6 Å². The van der Waals surface area contributed by atoms with Gasteiger partial charge in [0.25, 0.3) is 0 Å². The van der Waals surface area contributed by atoms with Gasteiger partial charge in [-0.05, 0) is 0 Å². The summed E-state index contributed by atoms with van der Waals surface area (Å²) in [4.78, 5) is 70.9. The van der Waals surface area contributed by atoms with Crippen LogP contribution in [0.25, 0.3) is 11.2 Å². The SMILES string of the molecule is Nc1ncnc2c1ncn2C1CC(OC(=O)CCC(=O)O)C(COP(=O)(O)OP(=O)(O)OP(=O)(O)O)O1. The predicted molar refractivity (Wildman–Crippen MR) is 115 cm³/mol. The van der Waals surface area contributed by atoms with Gasteiger partial charge in [-0.15, -0.1) is 0 Å². The Bertz CT molecular complexity index is 1310. The zero-order valence-corrected chi connectivity index (χ0v) is 20.9. The summed E-state index contributed by atoms with van der Waals surface area (Å²) in [5.41, 5.74) is 6.19. The average Bonchev–Trinajstić information content (AvgIpc) is 3.33. The maximum atomic E-state index is 12.1. The standard InChI is InChI=1S/C14H20N5O15P3/c15-13-12-14(17-5-16-13)19(6-18-12)9-3-7(32-11(22)2-1-10(20)21)8(31-9)4-30-36(26,27)34-37(28,29)33-35(23,24)25/h5-9H,1-4H2,(H,20,21)(H,26,27)(H,28,29)(H2,15,16,17)(H2,23,24,25). The van der Waals surface area contributed by atoms with Crippen molar-refractivity contribution in [2.24, 2.45) is 0 Å². The molecule has 3 rings (SSSR count). The third-order valence-corrected chi connectivity index (χ3v) is 8.32. The number of esters is 1. The minimum atomic E-state index is -5.76. The fourth-order valence-electron chi connectivity index (χ4n) is 3.13. The fraction of sp³-hybridized carbons (Fsp3) is 0.500. The summed E-state index contributed by atoms with van der Waals surface area (Å²) in [6.07, 6.45) is -2.21. The number of rotatable bonds is 12. The van der Waals surface area contributed by atoms with Crippen molar-refractivity contribution < 1.29 is 70.6 Å². The molecule has 0 radical (unpaired) electrons. The third kappa shape index (κ3) is 8.33. The van der Waals surface area contributed by atoms with Crippen LogP contribution in [-0.2, 0) is 45.9 Å². The first-order valence-electron chi connectivity index (χ1n) is 9.83. The lowest BCUT2D eigenvalue weighted by Crippen LogP contribution is -2.31. The van der Waals surface area contributed by atoms with E-state index in [4.69, 9.17) is 30.1 Å². The van der Waals surface area contributed by atoms with Crippen LogP contribution in [0.5, 0.6) is 0 Å². The molecule has 0 saturated carbocycles. The molecule has 2 aromatic heterocycles. The van der Waals surface area contributed by atoms with Crippen molar-refractivity contribution >= 4 is 52.4 Å². The number of nitrogens with zero attached hydrogens (tertiary/aromatic N) is 4. The number of phosphoric ester groups is 1. The highest BCUT2D eigenvalue weighted by molar-refractivity contribution is 7.66. The molecule has 0 aromatic carbocycles. The van der Waals surface area contributed by atoms with Crippen LogP contribution in [0.1, 0.15) is 25.5 Å². The second-order valence-corrected chi connectivity index (χ2v) is 11.7. The van der Waals surface area contributed by atoms with Crippen LogP contribution in [0, 0.1) is 0 Å². The largest absolute Gasteiger partial charge is 0.490 e. The number of aromatic nitrogens is 4. The van der Waals surface area contributed by atoms with Crippen molar-refractivity contribution in [3.63, 3.8) is 0 Å². The second-order valence-electron chi connectivity index (χ2n) is 7.26. The summed E-state index contributed by atoms with van der Waals surface area (Å²) in [6, 6.07) is 0. The molecular weight excluding hydrogens is 571 g/mol. The molecule has 1 aliphatic rings. The van der Waals surface area contributed by atoms with Crippen LogP contribution in [0.2, 0.25) is 0 Å². The van der Waals surface area contributed by atoms with Gasteiger partial charge in [-0.2, -0.15) is 8.62 Å². The molecule has 7 N–H and O–H groups in total. The summed E-state index contributed by atoms with van der Waals surface area (Å²) in [7, 11) is -16.8. The van der Waals surface area contributed by atoms with E-state index in [1.807, 2.05) is 0 Å². The number of carboxylic acids is 1. The average molecular weight is 591 g/mol. The second kappa shape index (κ2) is 11.2. The highest BCUT2D eigenvalue weighted by atomic mass is 31.3. The van der Waals surface area contributed by atoms with E-state index >= 15 is 0 Å². The molecule has 23 heteroatoms.